The Kier molecular flexibility index (Phi) is 5.04. The zero-order valence-corrected chi connectivity index (χ0v) is 13.9. The number of thioether (sulfide) groups is 1. The highest BCUT2D eigenvalue weighted by molar-refractivity contribution is 8.00. The summed E-state index contributed by atoms with van der Waals surface area (Å²) in [6.45, 7) is 2.30. The zero-order valence-electron chi connectivity index (χ0n) is 13.0. The standard InChI is InChI=1S/C19H23NOS/c1-14-6-9-17(10-7-14)20-19(21)13-22-18-11-8-15-4-2-3-5-16(15)12-18/h2-5,8,11-12,14,17H,6-7,9-10,13H2,1H3,(H,20,21). The van der Waals surface area contributed by atoms with Crippen LogP contribution in [-0.4, -0.2) is 17.7 Å². The van der Waals surface area contributed by atoms with Gasteiger partial charge in [0, 0.05) is 10.9 Å². The molecule has 1 amide bonds. The van der Waals surface area contributed by atoms with Gasteiger partial charge in [-0.1, -0.05) is 37.3 Å². The van der Waals surface area contributed by atoms with Crippen LogP contribution >= 0.6 is 11.8 Å². The second-order valence-electron chi connectivity index (χ2n) is 6.32. The third-order valence-electron chi connectivity index (χ3n) is 4.47. The predicted octanol–water partition coefficient (Wildman–Crippen LogP) is 4.63. The molecular formula is C19H23NOS. The molecule has 3 rings (SSSR count). The lowest BCUT2D eigenvalue weighted by molar-refractivity contribution is -0.119. The topological polar surface area (TPSA) is 29.1 Å². The third kappa shape index (κ3) is 4.04. The highest BCUT2D eigenvalue weighted by atomic mass is 32.2. The van der Waals surface area contributed by atoms with E-state index in [-0.39, 0.29) is 5.91 Å². The first-order valence-electron chi connectivity index (χ1n) is 8.11. The van der Waals surface area contributed by atoms with Crippen LogP contribution in [0.3, 0.4) is 0 Å². The van der Waals surface area contributed by atoms with Crippen LogP contribution in [0.1, 0.15) is 32.6 Å². The molecular weight excluding hydrogens is 290 g/mol. The molecule has 0 aromatic heterocycles. The maximum absolute atomic E-state index is 12.1. The summed E-state index contributed by atoms with van der Waals surface area (Å²) in [7, 11) is 0. The van der Waals surface area contributed by atoms with E-state index in [1.165, 1.54) is 23.6 Å². The number of hydrogen-bond acceptors (Lipinski definition) is 2. The smallest absolute Gasteiger partial charge is 0.230 e. The molecule has 1 saturated carbocycles. The summed E-state index contributed by atoms with van der Waals surface area (Å²) in [5.74, 6) is 1.49. The highest BCUT2D eigenvalue weighted by Crippen LogP contribution is 2.25. The van der Waals surface area contributed by atoms with Gasteiger partial charge in [-0.05, 0) is 54.5 Å². The summed E-state index contributed by atoms with van der Waals surface area (Å²) in [6.07, 6.45) is 4.74. The van der Waals surface area contributed by atoms with E-state index in [4.69, 9.17) is 0 Å². The molecule has 2 aromatic carbocycles. The lowest BCUT2D eigenvalue weighted by atomic mass is 9.87. The molecule has 1 aliphatic carbocycles. The van der Waals surface area contributed by atoms with E-state index in [9.17, 15) is 4.79 Å². The SMILES string of the molecule is CC1CCC(NC(=O)CSc2ccc3ccccc3c2)CC1. The van der Waals surface area contributed by atoms with Crippen LogP contribution in [0, 0.1) is 5.92 Å². The van der Waals surface area contributed by atoms with E-state index < -0.39 is 0 Å². The van der Waals surface area contributed by atoms with Gasteiger partial charge in [-0.25, -0.2) is 0 Å². The van der Waals surface area contributed by atoms with Crippen molar-refractivity contribution in [3.63, 3.8) is 0 Å². The van der Waals surface area contributed by atoms with Gasteiger partial charge < -0.3 is 5.32 Å². The molecule has 1 N–H and O–H groups in total. The van der Waals surface area contributed by atoms with Crippen LogP contribution in [0.25, 0.3) is 10.8 Å². The van der Waals surface area contributed by atoms with Gasteiger partial charge in [0.05, 0.1) is 5.75 Å². The van der Waals surface area contributed by atoms with Crippen LogP contribution < -0.4 is 5.32 Å². The number of nitrogens with one attached hydrogen (secondary N) is 1. The van der Waals surface area contributed by atoms with Crippen molar-refractivity contribution in [1.29, 1.82) is 0 Å². The van der Waals surface area contributed by atoms with E-state index in [1.54, 1.807) is 11.8 Å². The Bertz CT molecular complexity index is 647. The van der Waals surface area contributed by atoms with E-state index in [1.807, 2.05) is 12.1 Å². The van der Waals surface area contributed by atoms with Crippen LogP contribution in [0.5, 0.6) is 0 Å². The van der Waals surface area contributed by atoms with Crippen molar-refractivity contribution < 1.29 is 4.79 Å². The Labute approximate surface area is 136 Å². The van der Waals surface area contributed by atoms with Crippen LogP contribution in [-0.2, 0) is 4.79 Å². The van der Waals surface area contributed by atoms with E-state index in [0.717, 1.165) is 23.7 Å². The number of rotatable bonds is 4. The monoisotopic (exact) mass is 313 g/mol. The number of amides is 1. The summed E-state index contributed by atoms with van der Waals surface area (Å²) in [5, 5.41) is 5.66. The van der Waals surface area contributed by atoms with Gasteiger partial charge in [0.2, 0.25) is 5.91 Å². The number of benzene rings is 2. The van der Waals surface area contributed by atoms with Crippen LogP contribution in [0.2, 0.25) is 0 Å². The fraction of sp³-hybridized carbons (Fsp3) is 0.421. The van der Waals surface area contributed by atoms with Crippen molar-refractivity contribution in [2.75, 3.05) is 5.75 Å². The summed E-state index contributed by atoms with van der Waals surface area (Å²) in [5.41, 5.74) is 0. The molecule has 0 heterocycles. The lowest BCUT2D eigenvalue weighted by Gasteiger charge is -2.26. The van der Waals surface area contributed by atoms with Crippen molar-refractivity contribution in [3.05, 3.63) is 42.5 Å². The van der Waals surface area contributed by atoms with Crippen molar-refractivity contribution >= 4 is 28.4 Å². The minimum absolute atomic E-state index is 0.165. The molecule has 116 valence electrons. The Hall–Kier alpha value is -1.48. The van der Waals surface area contributed by atoms with E-state index in [2.05, 4.69) is 42.6 Å². The number of carbonyl (C=O) groups excluding carboxylic acids is 1. The molecule has 2 nitrogen and oxygen atoms in total. The zero-order chi connectivity index (χ0) is 15.4. The van der Waals surface area contributed by atoms with Gasteiger partial charge in [-0.3, -0.25) is 4.79 Å². The maximum atomic E-state index is 12.1. The highest BCUT2D eigenvalue weighted by Gasteiger charge is 2.19. The minimum Gasteiger partial charge on any atom is -0.353 e. The van der Waals surface area contributed by atoms with E-state index >= 15 is 0 Å². The predicted molar refractivity (Wildman–Crippen MR) is 94.2 cm³/mol. The van der Waals surface area contributed by atoms with Gasteiger partial charge in [0.1, 0.15) is 0 Å². The number of fused-ring (bicyclic) bond motifs is 1. The van der Waals surface area contributed by atoms with Crippen molar-refractivity contribution in [1.82, 2.24) is 5.32 Å². The first-order chi connectivity index (χ1) is 10.7. The molecule has 0 atom stereocenters. The van der Waals surface area contributed by atoms with Crippen molar-refractivity contribution in [2.45, 2.75) is 43.5 Å². The second kappa shape index (κ2) is 7.19. The summed E-state index contributed by atoms with van der Waals surface area (Å²) >= 11 is 1.62. The molecule has 0 bridgehead atoms. The first kappa shape index (κ1) is 15.4. The van der Waals surface area contributed by atoms with Gasteiger partial charge >= 0.3 is 0 Å². The number of hydrogen-bond donors (Lipinski definition) is 1. The molecule has 0 saturated heterocycles. The molecule has 22 heavy (non-hydrogen) atoms. The van der Waals surface area contributed by atoms with Crippen molar-refractivity contribution in [2.24, 2.45) is 5.92 Å². The fourth-order valence-electron chi connectivity index (χ4n) is 3.08. The number of carbonyl (C=O) groups is 1. The van der Waals surface area contributed by atoms with Crippen LogP contribution in [0.4, 0.5) is 0 Å². The van der Waals surface area contributed by atoms with Gasteiger partial charge in [-0.15, -0.1) is 11.8 Å². The summed E-state index contributed by atoms with van der Waals surface area (Å²) < 4.78 is 0. The minimum atomic E-state index is 0.165. The molecule has 1 aliphatic rings. The molecule has 2 aromatic rings. The molecule has 0 unspecified atom stereocenters. The quantitative estimate of drug-likeness (QED) is 0.834. The summed E-state index contributed by atoms with van der Waals surface area (Å²) in [4.78, 5) is 13.3. The molecule has 0 spiro atoms. The molecule has 1 fully saturated rings. The molecule has 0 radical (unpaired) electrons. The normalized spacial score (nSPS) is 21.7. The van der Waals surface area contributed by atoms with Gasteiger partial charge in [-0.2, -0.15) is 0 Å². The molecule has 3 heteroatoms. The first-order valence-corrected chi connectivity index (χ1v) is 9.10. The largest absolute Gasteiger partial charge is 0.353 e. The van der Waals surface area contributed by atoms with Gasteiger partial charge in [0.25, 0.3) is 0 Å². The Morgan fingerprint density at radius 1 is 1.09 bits per heavy atom. The lowest BCUT2D eigenvalue weighted by Crippen LogP contribution is -2.38. The van der Waals surface area contributed by atoms with Crippen molar-refractivity contribution in [3.8, 4) is 0 Å². The van der Waals surface area contributed by atoms with Crippen LogP contribution in [0.15, 0.2) is 47.4 Å². The Morgan fingerprint density at radius 3 is 2.59 bits per heavy atom. The average molecular weight is 313 g/mol. The third-order valence-corrected chi connectivity index (χ3v) is 5.47. The second-order valence-corrected chi connectivity index (χ2v) is 7.37. The van der Waals surface area contributed by atoms with E-state index in [0.29, 0.717) is 11.8 Å². The summed E-state index contributed by atoms with van der Waals surface area (Å²) in [6, 6.07) is 15.1. The average Bonchev–Trinajstić information content (AvgIpc) is 2.55. The van der Waals surface area contributed by atoms with Gasteiger partial charge in [0.15, 0.2) is 0 Å². The Balaban J connectivity index is 1.51. The molecule has 0 aliphatic heterocycles. The maximum Gasteiger partial charge on any atom is 0.230 e. The Morgan fingerprint density at radius 2 is 1.82 bits per heavy atom. The fourth-order valence-corrected chi connectivity index (χ4v) is 3.84.